The number of nitrogens with one attached hydrogen (secondary N) is 1. The van der Waals surface area contributed by atoms with Crippen molar-refractivity contribution in [3.63, 3.8) is 0 Å². The minimum atomic E-state index is -3.51. The molecular formula is C13H20N2O3S. The van der Waals surface area contributed by atoms with E-state index in [1.807, 2.05) is 6.92 Å². The van der Waals surface area contributed by atoms with Crippen LogP contribution in [0.25, 0.3) is 0 Å². The molecule has 1 aromatic rings. The van der Waals surface area contributed by atoms with Crippen molar-refractivity contribution in [1.82, 2.24) is 4.72 Å². The second-order valence-corrected chi connectivity index (χ2v) is 6.41. The maximum absolute atomic E-state index is 12.4. The lowest BCUT2D eigenvalue weighted by Gasteiger charge is -2.23. The average molecular weight is 284 g/mol. The van der Waals surface area contributed by atoms with Gasteiger partial charge in [-0.05, 0) is 37.0 Å². The molecular weight excluding hydrogens is 264 g/mol. The Hall–Kier alpha value is -1.11. The fourth-order valence-corrected chi connectivity index (χ4v) is 3.86. The van der Waals surface area contributed by atoms with Crippen LogP contribution in [0, 0.1) is 0 Å². The summed E-state index contributed by atoms with van der Waals surface area (Å²) in [7, 11) is -3.51. The molecule has 0 saturated carbocycles. The van der Waals surface area contributed by atoms with Crippen LogP contribution >= 0.6 is 0 Å². The van der Waals surface area contributed by atoms with E-state index in [1.54, 1.807) is 12.1 Å². The lowest BCUT2D eigenvalue weighted by molar-refractivity contribution is 0.0832. The first-order valence-corrected chi connectivity index (χ1v) is 7.99. The summed E-state index contributed by atoms with van der Waals surface area (Å²) >= 11 is 0. The first kappa shape index (κ1) is 14.3. The van der Waals surface area contributed by atoms with E-state index in [2.05, 4.69) is 4.72 Å². The van der Waals surface area contributed by atoms with Crippen LogP contribution in [0.3, 0.4) is 0 Å². The highest BCUT2D eigenvalue weighted by atomic mass is 32.2. The summed E-state index contributed by atoms with van der Waals surface area (Å²) in [5.41, 5.74) is 6.95. The van der Waals surface area contributed by atoms with E-state index in [1.165, 1.54) is 6.07 Å². The maximum atomic E-state index is 12.4. The van der Waals surface area contributed by atoms with Gasteiger partial charge in [0.05, 0.1) is 4.90 Å². The van der Waals surface area contributed by atoms with Gasteiger partial charge in [-0.1, -0.05) is 13.0 Å². The predicted octanol–water partition coefficient (Wildman–Crippen LogP) is 1.29. The summed E-state index contributed by atoms with van der Waals surface area (Å²) in [6, 6.07) is 4.98. The highest BCUT2D eigenvalue weighted by molar-refractivity contribution is 7.89. The lowest BCUT2D eigenvalue weighted by Crippen LogP contribution is -2.39. The van der Waals surface area contributed by atoms with Gasteiger partial charge in [-0.2, -0.15) is 0 Å². The number of hydrogen-bond acceptors (Lipinski definition) is 4. The molecule has 1 aromatic carbocycles. The van der Waals surface area contributed by atoms with Crippen LogP contribution < -0.4 is 10.5 Å². The summed E-state index contributed by atoms with van der Waals surface area (Å²) in [4.78, 5) is 0.293. The van der Waals surface area contributed by atoms with Crippen molar-refractivity contribution in [2.24, 2.45) is 0 Å². The van der Waals surface area contributed by atoms with Crippen LogP contribution in [0.2, 0.25) is 0 Å². The standard InChI is InChI=1S/C13H20N2O3S/c1-2-10-3-4-11(14)9-13(10)19(16,17)15-12-5-7-18-8-6-12/h3-4,9,12,15H,2,5-8,14H2,1H3. The Labute approximate surface area is 114 Å². The summed E-state index contributed by atoms with van der Waals surface area (Å²) in [6.45, 7) is 3.13. The van der Waals surface area contributed by atoms with Crippen LogP contribution in [0.1, 0.15) is 25.3 Å². The first-order valence-electron chi connectivity index (χ1n) is 6.51. The molecule has 0 bridgehead atoms. The second-order valence-electron chi connectivity index (χ2n) is 4.73. The normalized spacial score (nSPS) is 17.5. The molecule has 1 fully saturated rings. The number of aryl methyl sites for hydroxylation is 1. The number of rotatable bonds is 4. The number of sulfonamides is 1. The molecule has 1 heterocycles. The molecule has 1 aliphatic rings. The molecule has 106 valence electrons. The molecule has 5 nitrogen and oxygen atoms in total. The molecule has 0 atom stereocenters. The molecule has 0 aromatic heterocycles. The molecule has 1 saturated heterocycles. The molecule has 0 aliphatic carbocycles. The van der Waals surface area contributed by atoms with E-state index in [4.69, 9.17) is 10.5 Å². The summed E-state index contributed by atoms with van der Waals surface area (Å²) in [5.74, 6) is 0. The van der Waals surface area contributed by atoms with Gasteiger partial charge < -0.3 is 10.5 Å². The minimum absolute atomic E-state index is 0.0510. The summed E-state index contributed by atoms with van der Waals surface area (Å²) in [6.07, 6.45) is 2.08. The van der Waals surface area contributed by atoms with E-state index in [-0.39, 0.29) is 6.04 Å². The first-order chi connectivity index (χ1) is 9.03. The third-order valence-electron chi connectivity index (χ3n) is 3.30. The monoisotopic (exact) mass is 284 g/mol. The Morgan fingerprint density at radius 2 is 2.05 bits per heavy atom. The zero-order valence-corrected chi connectivity index (χ0v) is 11.9. The topological polar surface area (TPSA) is 81.4 Å². The third-order valence-corrected chi connectivity index (χ3v) is 4.91. The Balaban J connectivity index is 2.25. The molecule has 6 heteroatoms. The van der Waals surface area contributed by atoms with Crippen molar-refractivity contribution < 1.29 is 13.2 Å². The summed E-state index contributed by atoms with van der Waals surface area (Å²) in [5, 5.41) is 0. The van der Waals surface area contributed by atoms with Crippen molar-refractivity contribution in [3.8, 4) is 0 Å². The van der Waals surface area contributed by atoms with Crippen molar-refractivity contribution in [2.45, 2.75) is 37.1 Å². The molecule has 0 spiro atoms. The van der Waals surface area contributed by atoms with Crippen molar-refractivity contribution in [3.05, 3.63) is 23.8 Å². The zero-order chi connectivity index (χ0) is 13.9. The smallest absolute Gasteiger partial charge is 0.241 e. The van der Waals surface area contributed by atoms with Gasteiger partial charge in [-0.25, -0.2) is 13.1 Å². The van der Waals surface area contributed by atoms with E-state index < -0.39 is 10.0 Å². The van der Waals surface area contributed by atoms with Gasteiger partial charge >= 0.3 is 0 Å². The van der Waals surface area contributed by atoms with E-state index in [0.29, 0.717) is 43.1 Å². The van der Waals surface area contributed by atoms with Gasteiger partial charge in [0.2, 0.25) is 10.0 Å². The molecule has 3 N–H and O–H groups in total. The molecule has 0 radical (unpaired) electrons. The minimum Gasteiger partial charge on any atom is -0.399 e. The van der Waals surface area contributed by atoms with E-state index in [0.717, 1.165) is 5.56 Å². The quantitative estimate of drug-likeness (QED) is 0.816. The molecule has 1 aliphatic heterocycles. The summed E-state index contributed by atoms with van der Waals surface area (Å²) < 4.78 is 32.8. The number of anilines is 1. The van der Waals surface area contributed by atoms with Crippen molar-refractivity contribution >= 4 is 15.7 Å². The number of hydrogen-bond donors (Lipinski definition) is 2. The Morgan fingerprint density at radius 3 is 2.68 bits per heavy atom. The molecule has 2 rings (SSSR count). The van der Waals surface area contributed by atoms with E-state index in [9.17, 15) is 8.42 Å². The molecule has 0 amide bonds. The zero-order valence-electron chi connectivity index (χ0n) is 11.1. The van der Waals surface area contributed by atoms with Crippen LogP contribution in [0.4, 0.5) is 5.69 Å². The predicted molar refractivity (Wildman–Crippen MR) is 74.4 cm³/mol. The largest absolute Gasteiger partial charge is 0.399 e. The van der Waals surface area contributed by atoms with Gasteiger partial charge in [0.15, 0.2) is 0 Å². The fraction of sp³-hybridized carbons (Fsp3) is 0.538. The van der Waals surface area contributed by atoms with Gasteiger partial charge in [0.1, 0.15) is 0 Å². The maximum Gasteiger partial charge on any atom is 0.241 e. The SMILES string of the molecule is CCc1ccc(N)cc1S(=O)(=O)NC1CCOCC1. The van der Waals surface area contributed by atoms with Gasteiger partial charge in [0, 0.05) is 24.9 Å². The lowest BCUT2D eigenvalue weighted by atomic mass is 10.1. The van der Waals surface area contributed by atoms with Gasteiger partial charge in [-0.3, -0.25) is 0 Å². The Morgan fingerprint density at radius 1 is 1.37 bits per heavy atom. The van der Waals surface area contributed by atoms with E-state index >= 15 is 0 Å². The number of ether oxygens (including phenoxy) is 1. The third kappa shape index (κ3) is 3.46. The Kier molecular flexibility index (Phi) is 4.44. The van der Waals surface area contributed by atoms with Crippen LogP contribution in [0.15, 0.2) is 23.1 Å². The van der Waals surface area contributed by atoms with Crippen LogP contribution in [-0.2, 0) is 21.2 Å². The van der Waals surface area contributed by atoms with Crippen molar-refractivity contribution in [2.75, 3.05) is 18.9 Å². The highest BCUT2D eigenvalue weighted by Crippen LogP contribution is 2.21. The van der Waals surface area contributed by atoms with Gasteiger partial charge in [0.25, 0.3) is 0 Å². The van der Waals surface area contributed by atoms with Crippen LogP contribution in [-0.4, -0.2) is 27.7 Å². The fourth-order valence-electron chi connectivity index (χ4n) is 2.21. The van der Waals surface area contributed by atoms with Crippen LogP contribution in [0.5, 0.6) is 0 Å². The number of benzene rings is 1. The number of nitrogens with two attached hydrogens (primary N) is 1. The van der Waals surface area contributed by atoms with Crippen molar-refractivity contribution in [1.29, 1.82) is 0 Å². The molecule has 0 unspecified atom stereocenters. The Bertz CT molecular complexity index is 537. The molecule has 19 heavy (non-hydrogen) atoms. The highest BCUT2D eigenvalue weighted by Gasteiger charge is 2.24. The van der Waals surface area contributed by atoms with Gasteiger partial charge in [-0.15, -0.1) is 0 Å². The average Bonchev–Trinajstić information content (AvgIpc) is 2.39. The second kappa shape index (κ2) is 5.90. The number of nitrogen functional groups attached to an aromatic ring is 1.